The van der Waals surface area contributed by atoms with Crippen LogP contribution in [-0.2, 0) is 16.4 Å². The first-order valence-electron chi connectivity index (χ1n) is 6.44. The van der Waals surface area contributed by atoms with Crippen molar-refractivity contribution in [3.63, 3.8) is 0 Å². The highest BCUT2D eigenvalue weighted by atomic mass is 32.2. The van der Waals surface area contributed by atoms with Gasteiger partial charge in [0.05, 0.1) is 5.52 Å². The zero-order valence-electron chi connectivity index (χ0n) is 11.4. The van der Waals surface area contributed by atoms with Crippen LogP contribution < -0.4 is 4.72 Å². The van der Waals surface area contributed by atoms with Crippen molar-refractivity contribution in [1.82, 2.24) is 14.1 Å². The van der Waals surface area contributed by atoms with Gasteiger partial charge in [-0.05, 0) is 32.4 Å². The lowest BCUT2D eigenvalue weighted by molar-refractivity contribution is 0.567. The number of pyridine rings is 1. The number of aryl methyl sites for hydroxylation is 1. The molecule has 0 unspecified atom stereocenters. The summed E-state index contributed by atoms with van der Waals surface area (Å²) < 4.78 is 29.0. The molecule has 0 spiro atoms. The minimum Gasteiger partial charge on any atom is -0.302 e. The first kappa shape index (κ1) is 14.0. The second kappa shape index (κ2) is 5.30. The zero-order valence-corrected chi connectivity index (χ0v) is 12.2. The zero-order chi connectivity index (χ0) is 14.0. The number of rotatable bonds is 5. The number of nitrogens with one attached hydrogen (secondary N) is 1. The third kappa shape index (κ3) is 2.79. The van der Waals surface area contributed by atoms with Gasteiger partial charge in [-0.1, -0.05) is 13.0 Å². The van der Waals surface area contributed by atoms with Crippen molar-refractivity contribution >= 4 is 15.5 Å². The quantitative estimate of drug-likeness (QED) is 0.911. The Bertz CT molecular complexity index is 674. The Labute approximate surface area is 113 Å². The van der Waals surface area contributed by atoms with Gasteiger partial charge in [0.2, 0.25) is 0 Å². The first-order chi connectivity index (χ1) is 8.95. The maximum Gasteiger partial charge on any atom is 0.260 e. The molecular formula is C13H19N3O2S. The molecule has 0 radical (unpaired) electrons. The summed E-state index contributed by atoms with van der Waals surface area (Å²) >= 11 is 0. The Morgan fingerprint density at radius 2 is 2.11 bits per heavy atom. The normalized spacial score (nSPS) is 12.4. The van der Waals surface area contributed by atoms with E-state index in [1.165, 1.54) is 0 Å². The van der Waals surface area contributed by atoms with E-state index in [0.717, 1.165) is 18.7 Å². The number of nitrogens with zero attached hydrogens (tertiary/aromatic N) is 2. The Kier molecular flexibility index (Phi) is 3.91. The molecule has 2 aromatic rings. The highest BCUT2D eigenvalue weighted by Crippen LogP contribution is 2.19. The number of fused-ring (bicyclic) bond motifs is 1. The van der Waals surface area contributed by atoms with Crippen LogP contribution >= 0.6 is 0 Å². The molecular weight excluding hydrogens is 262 g/mol. The van der Waals surface area contributed by atoms with Crippen LogP contribution in [0.15, 0.2) is 29.4 Å². The molecule has 1 N–H and O–H groups in total. The van der Waals surface area contributed by atoms with Crippen LogP contribution in [0.3, 0.4) is 0 Å². The van der Waals surface area contributed by atoms with Gasteiger partial charge < -0.3 is 4.40 Å². The summed E-state index contributed by atoms with van der Waals surface area (Å²) in [7, 11) is -3.57. The maximum absolute atomic E-state index is 12.3. The van der Waals surface area contributed by atoms with Gasteiger partial charge in [0, 0.05) is 18.7 Å². The van der Waals surface area contributed by atoms with Crippen molar-refractivity contribution in [2.45, 2.75) is 44.7 Å². The highest BCUT2D eigenvalue weighted by Gasteiger charge is 2.23. The van der Waals surface area contributed by atoms with Gasteiger partial charge in [0.15, 0.2) is 5.03 Å². The number of sulfonamides is 1. The fourth-order valence-electron chi connectivity index (χ4n) is 2.03. The second-order valence-corrected chi connectivity index (χ2v) is 6.44. The van der Waals surface area contributed by atoms with E-state index in [1.54, 1.807) is 19.9 Å². The lowest BCUT2D eigenvalue weighted by atomic mass is 10.3. The second-order valence-electron chi connectivity index (χ2n) is 4.82. The van der Waals surface area contributed by atoms with Gasteiger partial charge in [-0.15, -0.1) is 0 Å². The molecule has 0 aliphatic carbocycles. The third-order valence-electron chi connectivity index (χ3n) is 2.71. The molecule has 0 saturated carbocycles. The molecule has 0 saturated heterocycles. The highest BCUT2D eigenvalue weighted by molar-refractivity contribution is 7.89. The van der Waals surface area contributed by atoms with Crippen LogP contribution in [0.1, 0.15) is 33.0 Å². The predicted octanol–water partition coefficient (Wildman–Crippen LogP) is 1.97. The monoisotopic (exact) mass is 281 g/mol. The molecule has 0 atom stereocenters. The summed E-state index contributed by atoms with van der Waals surface area (Å²) in [5, 5.41) is 0.116. The lowest BCUT2D eigenvalue weighted by Crippen LogP contribution is -2.30. The van der Waals surface area contributed by atoms with E-state index in [2.05, 4.69) is 9.71 Å². The van der Waals surface area contributed by atoms with Crippen molar-refractivity contribution in [3.05, 3.63) is 30.2 Å². The van der Waals surface area contributed by atoms with Gasteiger partial charge in [0.25, 0.3) is 10.0 Å². The molecule has 0 bridgehead atoms. The molecule has 0 fully saturated rings. The van der Waals surface area contributed by atoms with Gasteiger partial charge in [-0.2, -0.15) is 0 Å². The summed E-state index contributed by atoms with van der Waals surface area (Å²) in [5.41, 5.74) is 0.624. The molecule has 2 rings (SSSR count). The molecule has 19 heavy (non-hydrogen) atoms. The van der Waals surface area contributed by atoms with Crippen LogP contribution in [0, 0.1) is 0 Å². The van der Waals surface area contributed by atoms with Crippen molar-refractivity contribution in [2.24, 2.45) is 0 Å². The Hall–Kier alpha value is -1.40. The van der Waals surface area contributed by atoms with E-state index in [9.17, 15) is 8.42 Å². The predicted molar refractivity (Wildman–Crippen MR) is 74.6 cm³/mol. The van der Waals surface area contributed by atoms with E-state index in [4.69, 9.17) is 0 Å². The number of hydrogen-bond acceptors (Lipinski definition) is 3. The van der Waals surface area contributed by atoms with Crippen LogP contribution in [0.2, 0.25) is 0 Å². The van der Waals surface area contributed by atoms with Crippen LogP contribution in [0.4, 0.5) is 0 Å². The minimum absolute atomic E-state index is 0.116. The van der Waals surface area contributed by atoms with Gasteiger partial charge in [-0.25, -0.2) is 18.1 Å². The molecule has 2 aromatic heterocycles. The smallest absolute Gasteiger partial charge is 0.260 e. The average Bonchev–Trinajstić information content (AvgIpc) is 2.68. The van der Waals surface area contributed by atoms with Crippen LogP contribution in [0.25, 0.3) is 5.52 Å². The summed E-state index contributed by atoms with van der Waals surface area (Å²) in [6.45, 7) is 5.64. The van der Waals surface area contributed by atoms with Crippen LogP contribution in [0.5, 0.6) is 0 Å². The van der Waals surface area contributed by atoms with Crippen molar-refractivity contribution in [2.75, 3.05) is 0 Å². The molecule has 2 heterocycles. The van der Waals surface area contributed by atoms with Gasteiger partial charge in [0.1, 0.15) is 5.82 Å². The molecule has 5 nitrogen and oxygen atoms in total. The maximum atomic E-state index is 12.3. The fraction of sp³-hybridized carbons (Fsp3) is 0.462. The van der Waals surface area contributed by atoms with E-state index in [1.807, 2.05) is 29.7 Å². The third-order valence-corrected chi connectivity index (χ3v) is 4.30. The van der Waals surface area contributed by atoms with E-state index >= 15 is 0 Å². The topological polar surface area (TPSA) is 63.5 Å². The van der Waals surface area contributed by atoms with E-state index in [-0.39, 0.29) is 11.1 Å². The Morgan fingerprint density at radius 1 is 1.37 bits per heavy atom. The standard InChI is InChI=1S/C13H19N3O2S/c1-4-7-12-14-13(19(17,18)15-10(2)3)11-8-5-6-9-16(11)12/h5-6,8-10,15H,4,7H2,1-3H3. The van der Waals surface area contributed by atoms with Crippen LogP contribution in [-0.4, -0.2) is 23.8 Å². The lowest BCUT2D eigenvalue weighted by Gasteiger charge is -2.07. The summed E-state index contributed by atoms with van der Waals surface area (Å²) in [5.74, 6) is 0.780. The Balaban J connectivity index is 2.61. The molecule has 0 aliphatic rings. The molecule has 0 aliphatic heterocycles. The first-order valence-corrected chi connectivity index (χ1v) is 7.92. The summed E-state index contributed by atoms with van der Waals surface area (Å²) in [6.07, 6.45) is 3.52. The fourth-order valence-corrected chi connectivity index (χ4v) is 3.43. The van der Waals surface area contributed by atoms with Crippen molar-refractivity contribution < 1.29 is 8.42 Å². The summed E-state index contributed by atoms with van der Waals surface area (Å²) in [6, 6.07) is 5.32. The minimum atomic E-state index is -3.57. The average molecular weight is 281 g/mol. The number of aromatic nitrogens is 2. The molecule has 104 valence electrons. The molecule has 6 heteroatoms. The Morgan fingerprint density at radius 3 is 2.74 bits per heavy atom. The van der Waals surface area contributed by atoms with E-state index in [0.29, 0.717) is 5.52 Å². The number of imidazole rings is 1. The summed E-state index contributed by atoms with van der Waals surface area (Å²) in [4.78, 5) is 4.32. The molecule has 0 aromatic carbocycles. The van der Waals surface area contributed by atoms with E-state index < -0.39 is 10.0 Å². The van der Waals surface area contributed by atoms with Gasteiger partial charge >= 0.3 is 0 Å². The largest absolute Gasteiger partial charge is 0.302 e. The molecule has 0 amide bonds. The number of hydrogen-bond donors (Lipinski definition) is 1. The van der Waals surface area contributed by atoms with Crippen molar-refractivity contribution in [3.8, 4) is 0 Å². The SMILES string of the molecule is CCCc1nc(S(=O)(=O)NC(C)C)c2ccccn12. The van der Waals surface area contributed by atoms with Crippen molar-refractivity contribution in [1.29, 1.82) is 0 Å². The van der Waals surface area contributed by atoms with Gasteiger partial charge in [-0.3, -0.25) is 0 Å².